The van der Waals surface area contributed by atoms with Gasteiger partial charge in [0.1, 0.15) is 0 Å². The predicted octanol–water partition coefficient (Wildman–Crippen LogP) is 3.50. The molecule has 98 valence electrons. The van der Waals surface area contributed by atoms with Gasteiger partial charge in [0.25, 0.3) is 5.91 Å². The fraction of sp³-hybridized carbons (Fsp3) is 0.143. The van der Waals surface area contributed by atoms with Crippen LogP contribution >= 0.6 is 15.9 Å². The molecule has 0 aliphatic heterocycles. The van der Waals surface area contributed by atoms with Gasteiger partial charge in [0.05, 0.1) is 6.61 Å². The predicted molar refractivity (Wildman–Crippen MR) is 77.5 cm³/mol. The monoisotopic (exact) mass is 320 g/mol. The topological polar surface area (TPSA) is 51.2 Å². The van der Waals surface area contributed by atoms with Gasteiger partial charge in [-0.3, -0.25) is 4.79 Å². The molecular formula is C14H13BrN2O2. The lowest BCUT2D eigenvalue weighted by molar-refractivity contribution is 0.102. The smallest absolute Gasteiger partial charge is 0.256 e. The lowest BCUT2D eigenvalue weighted by Gasteiger charge is -2.10. The molecule has 4 nitrogen and oxygen atoms in total. The maximum absolute atomic E-state index is 12.1. The zero-order chi connectivity index (χ0) is 13.7. The Balaban J connectivity index is 2.19. The molecule has 1 aromatic heterocycles. The zero-order valence-corrected chi connectivity index (χ0v) is 12.0. The zero-order valence-electron chi connectivity index (χ0n) is 10.4. The Kier molecular flexibility index (Phi) is 4.52. The molecule has 0 bridgehead atoms. The second-order valence-corrected chi connectivity index (χ2v) is 4.66. The van der Waals surface area contributed by atoms with Crippen molar-refractivity contribution in [3.63, 3.8) is 0 Å². The van der Waals surface area contributed by atoms with Crippen LogP contribution in [0.3, 0.4) is 0 Å². The molecule has 0 aliphatic carbocycles. The summed E-state index contributed by atoms with van der Waals surface area (Å²) >= 11 is 3.33. The highest BCUT2D eigenvalue weighted by atomic mass is 79.9. The van der Waals surface area contributed by atoms with Gasteiger partial charge >= 0.3 is 0 Å². The van der Waals surface area contributed by atoms with Gasteiger partial charge in [0, 0.05) is 16.2 Å². The van der Waals surface area contributed by atoms with Crippen LogP contribution in [0.2, 0.25) is 0 Å². The molecule has 0 unspecified atom stereocenters. The summed E-state index contributed by atoms with van der Waals surface area (Å²) in [5.41, 5.74) is 0.558. The molecule has 1 aromatic carbocycles. The number of ether oxygens (including phenoxy) is 1. The Morgan fingerprint density at radius 1 is 1.37 bits per heavy atom. The number of benzene rings is 1. The van der Waals surface area contributed by atoms with E-state index >= 15 is 0 Å². The van der Waals surface area contributed by atoms with Crippen molar-refractivity contribution in [2.45, 2.75) is 6.92 Å². The Labute approximate surface area is 119 Å². The molecular weight excluding hydrogens is 308 g/mol. The van der Waals surface area contributed by atoms with Crippen LogP contribution in [0.5, 0.6) is 5.75 Å². The molecule has 0 saturated heterocycles. The van der Waals surface area contributed by atoms with Gasteiger partial charge in [-0.05, 0) is 37.3 Å². The summed E-state index contributed by atoms with van der Waals surface area (Å²) < 4.78 is 6.26. The highest BCUT2D eigenvalue weighted by Gasteiger charge is 2.10. The van der Waals surface area contributed by atoms with Crippen molar-refractivity contribution in [3.8, 4) is 5.75 Å². The number of hydrogen-bond acceptors (Lipinski definition) is 3. The van der Waals surface area contributed by atoms with Crippen molar-refractivity contribution in [1.29, 1.82) is 0 Å². The molecule has 2 aromatic rings. The number of rotatable bonds is 4. The average Bonchev–Trinajstić information content (AvgIpc) is 2.41. The number of nitrogens with zero attached hydrogens (tertiary/aromatic N) is 1. The minimum absolute atomic E-state index is 0.221. The van der Waals surface area contributed by atoms with Gasteiger partial charge in [-0.1, -0.05) is 22.0 Å². The van der Waals surface area contributed by atoms with Crippen molar-refractivity contribution < 1.29 is 9.53 Å². The molecule has 0 fully saturated rings. The number of pyridine rings is 1. The molecule has 0 atom stereocenters. The molecule has 5 heteroatoms. The van der Waals surface area contributed by atoms with E-state index in [1.165, 1.54) is 0 Å². The first-order valence-corrected chi connectivity index (χ1v) is 6.64. The first kappa shape index (κ1) is 13.5. The number of hydrogen-bond donors (Lipinski definition) is 1. The van der Waals surface area contributed by atoms with Crippen molar-refractivity contribution in [2.24, 2.45) is 0 Å². The molecule has 0 aliphatic rings. The third-order valence-electron chi connectivity index (χ3n) is 2.39. The van der Waals surface area contributed by atoms with Crippen LogP contribution < -0.4 is 10.1 Å². The summed E-state index contributed by atoms with van der Waals surface area (Å²) in [6, 6.07) is 10.7. The Bertz CT molecular complexity index is 587. The number of amides is 1. The molecule has 1 N–H and O–H groups in total. The quantitative estimate of drug-likeness (QED) is 0.938. The molecule has 1 amide bonds. The fourth-order valence-electron chi connectivity index (χ4n) is 1.57. The van der Waals surface area contributed by atoms with Crippen molar-refractivity contribution >= 4 is 27.7 Å². The van der Waals surface area contributed by atoms with Crippen LogP contribution in [0, 0.1) is 0 Å². The summed E-state index contributed by atoms with van der Waals surface area (Å²) in [4.78, 5) is 16.2. The molecule has 1 heterocycles. The fourth-order valence-corrected chi connectivity index (χ4v) is 1.97. The van der Waals surface area contributed by atoms with Gasteiger partial charge in [0.15, 0.2) is 11.6 Å². The normalized spacial score (nSPS) is 10.0. The van der Waals surface area contributed by atoms with Crippen LogP contribution in [0.1, 0.15) is 17.3 Å². The van der Waals surface area contributed by atoms with E-state index in [1.54, 1.807) is 36.5 Å². The summed E-state index contributed by atoms with van der Waals surface area (Å²) in [6.07, 6.45) is 1.61. The summed E-state index contributed by atoms with van der Waals surface area (Å²) in [5.74, 6) is 0.767. The van der Waals surface area contributed by atoms with Gasteiger partial charge < -0.3 is 10.1 Å². The van der Waals surface area contributed by atoms with E-state index in [2.05, 4.69) is 26.2 Å². The van der Waals surface area contributed by atoms with E-state index in [0.717, 1.165) is 4.47 Å². The third-order valence-corrected chi connectivity index (χ3v) is 2.88. The number of carbonyl (C=O) groups is 1. The maximum Gasteiger partial charge on any atom is 0.256 e. The number of anilines is 1. The number of nitrogens with one attached hydrogen (secondary N) is 1. The van der Waals surface area contributed by atoms with Gasteiger partial charge in [-0.25, -0.2) is 4.98 Å². The minimum atomic E-state index is -0.221. The maximum atomic E-state index is 12.1. The SMILES string of the molecule is CCOc1cccnc1NC(=O)c1cccc(Br)c1. The first-order chi connectivity index (χ1) is 9.20. The second kappa shape index (κ2) is 6.33. The van der Waals surface area contributed by atoms with E-state index in [9.17, 15) is 4.79 Å². The third kappa shape index (κ3) is 3.54. The van der Waals surface area contributed by atoms with Crippen molar-refractivity contribution in [1.82, 2.24) is 4.98 Å². The van der Waals surface area contributed by atoms with Crippen molar-refractivity contribution in [2.75, 3.05) is 11.9 Å². The largest absolute Gasteiger partial charge is 0.490 e. The molecule has 2 rings (SSSR count). The Hall–Kier alpha value is -1.88. The summed E-state index contributed by atoms with van der Waals surface area (Å²) in [7, 11) is 0. The number of carbonyl (C=O) groups excluding carboxylic acids is 1. The van der Waals surface area contributed by atoms with E-state index in [-0.39, 0.29) is 5.91 Å². The number of aromatic nitrogens is 1. The second-order valence-electron chi connectivity index (χ2n) is 3.75. The van der Waals surface area contributed by atoms with E-state index in [1.807, 2.05) is 13.0 Å². The van der Waals surface area contributed by atoms with Crippen LogP contribution in [-0.4, -0.2) is 17.5 Å². The van der Waals surface area contributed by atoms with Crippen molar-refractivity contribution in [3.05, 3.63) is 52.6 Å². The summed E-state index contributed by atoms with van der Waals surface area (Å²) in [5, 5.41) is 2.74. The highest BCUT2D eigenvalue weighted by molar-refractivity contribution is 9.10. The minimum Gasteiger partial charge on any atom is -0.490 e. The van der Waals surface area contributed by atoms with Crippen LogP contribution in [0.4, 0.5) is 5.82 Å². The lowest BCUT2D eigenvalue weighted by Crippen LogP contribution is -2.14. The Morgan fingerprint density at radius 2 is 2.21 bits per heavy atom. The summed E-state index contributed by atoms with van der Waals surface area (Å²) in [6.45, 7) is 2.40. The van der Waals surface area contributed by atoms with E-state index < -0.39 is 0 Å². The van der Waals surface area contributed by atoms with Crippen LogP contribution in [0.25, 0.3) is 0 Å². The first-order valence-electron chi connectivity index (χ1n) is 5.85. The standard InChI is InChI=1S/C14H13BrN2O2/c1-2-19-12-7-4-8-16-13(12)17-14(18)10-5-3-6-11(15)9-10/h3-9H,2H2,1H3,(H,16,17,18). The highest BCUT2D eigenvalue weighted by Crippen LogP contribution is 2.21. The molecule has 0 spiro atoms. The Morgan fingerprint density at radius 3 is 2.95 bits per heavy atom. The van der Waals surface area contributed by atoms with Crippen LogP contribution in [0.15, 0.2) is 47.1 Å². The number of halogens is 1. The average molecular weight is 321 g/mol. The van der Waals surface area contributed by atoms with Gasteiger partial charge in [-0.2, -0.15) is 0 Å². The molecule has 0 radical (unpaired) electrons. The van der Waals surface area contributed by atoms with Crippen LogP contribution in [-0.2, 0) is 0 Å². The van der Waals surface area contributed by atoms with E-state index in [4.69, 9.17) is 4.74 Å². The van der Waals surface area contributed by atoms with Gasteiger partial charge in [0.2, 0.25) is 0 Å². The molecule has 0 saturated carbocycles. The lowest BCUT2D eigenvalue weighted by atomic mass is 10.2. The molecule has 19 heavy (non-hydrogen) atoms. The van der Waals surface area contributed by atoms with Gasteiger partial charge in [-0.15, -0.1) is 0 Å². The van der Waals surface area contributed by atoms with E-state index in [0.29, 0.717) is 23.7 Å².